The summed E-state index contributed by atoms with van der Waals surface area (Å²) in [4.78, 5) is 0. The predicted octanol–water partition coefficient (Wildman–Crippen LogP) is 1.16. The third-order valence-corrected chi connectivity index (χ3v) is 0. The van der Waals surface area contributed by atoms with Gasteiger partial charge in [0.15, 0.2) is 0 Å². The van der Waals surface area contributed by atoms with Crippen LogP contribution in [0.5, 0.6) is 0 Å². The Bertz CT molecular complexity index is 19.8. The largest absolute Gasteiger partial charge is 5.00 e. The monoisotopic (exact) mass is 472 g/mol. The fourth-order valence-corrected chi connectivity index (χ4v) is 0. The average Bonchev–Trinajstić information content (AvgIpc) is 0. The van der Waals surface area contributed by atoms with Gasteiger partial charge in [-0.05, 0) is 0 Å². The van der Waals surface area contributed by atoms with Crippen molar-refractivity contribution < 1.29 is 55.7 Å². The van der Waals surface area contributed by atoms with Gasteiger partial charge >= 0.3 is 115 Å². The maximum Gasteiger partial charge on any atom is 5.00 e. The van der Waals surface area contributed by atoms with Gasteiger partial charge in [0.05, 0.1) is 0 Å². The van der Waals surface area contributed by atoms with Crippen molar-refractivity contribution in [1.29, 1.82) is 0 Å². The number of hydrogen-bond acceptors (Lipinski definition) is 0. The summed E-state index contributed by atoms with van der Waals surface area (Å²) < 4.78 is 0. The fourth-order valence-electron chi connectivity index (χ4n) is 0. The SMILES string of the molecule is [Ga+3].[Ga+3].[Ga+3].[N-3].[N-3].[N-3].[N-3].[N-3].[N-3].[N-3].[N-3].[V+5].[V+5].[V+5]. The topological polar surface area (TPSA) is 244 Å². The zero-order valence-electron chi connectivity index (χ0n) is 6.65. The van der Waals surface area contributed by atoms with Crippen LogP contribution in [0.4, 0.5) is 0 Å². The molecule has 0 aromatic carbocycles. The van der Waals surface area contributed by atoms with E-state index >= 15 is 0 Å². The van der Waals surface area contributed by atoms with E-state index in [9.17, 15) is 0 Å². The molecule has 0 rings (SSSR count). The zero-order chi connectivity index (χ0) is 0. The van der Waals surface area contributed by atoms with Crippen LogP contribution in [0.25, 0.3) is 49.2 Å². The van der Waals surface area contributed by atoms with E-state index in [1.165, 1.54) is 0 Å². The molecule has 0 aromatic heterocycles. The van der Waals surface area contributed by atoms with Crippen molar-refractivity contribution in [2.24, 2.45) is 0 Å². The summed E-state index contributed by atoms with van der Waals surface area (Å²) in [5, 5.41) is 0. The van der Waals surface area contributed by atoms with Gasteiger partial charge in [-0.2, -0.15) is 0 Å². The Kier molecular flexibility index (Phi) is 10200. The van der Waals surface area contributed by atoms with Crippen LogP contribution in [0.1, 0.15) is 0 Å². The molecule has 0 fully saturated rings. The molecule has 8 nitrogen and oxygen atoms in total. The summed E-state index contributed by atoms with van der Waals surface area (Å²) in [6.07, 6.45) is 0. The van der Waals surface area contributed by atoms with Gasteiger partial charge in [0.2, 0.25) is 0 Å². The summed E-state index contributed by atoms with van der Waals surface area (Å²) in [5.74, 6) is 0. The van der Waals surface area contributed by atoms with Crippen molar-refractivity contribution in [3.05, 3.63) is 49.2 Å². The second-order valence-corrected chi connectivity index (χ2v) is 0. The average molecular weight is 474 g/mol. The quantitative estimate of drug-likeness (QED) is 0.449. The van der Waals surface area contributed by atoms with Crippen LogP contribution in [0.2, 0.25) is 0 Å². The molecule has 0 aliphatic rings. The zero-order valence-corrected chi connectivity index (χ0v) is 18.1. The maximum atomic E-state index is 0. The number of nitrogens with zero attached hydrogens (tertiary/aromatic N) is 8. The van der Waals surface area contributed by atoms with E-state index in [-0.39, 0.29) is 164 Å². The van der Waals surface area contributed by atoms with Gasteiger partial charge in [-0.25, -0.2) is 0 Å². The summed E-state index contributed by atoms with van der Waals surface area (Å²) >= 11 is 0. The van der Waals surface area contributed by atoms with Gasteiger partial charge < -0.3 is 49.2 Å². The first-order valence-electron chi connectivity index (χ1n) is 0. The molecular formula is Ga3N8V3. The molecule has 0 aliphatic heterocycles. The van der Waals surface area contributed by atoms with Gasteiger partial charge in [0.25, 0.3) is 0 Å². The molecule has 0 amide bonds. The van der Waals surface area contributed by atoms with Crippen LogP contribution in [-0.4, -0.2) is 59.4 Å². The van der Waals surface area contributed by atoms with Gasteiger partial charge in [-0.15, -0.1) is 0 Å². The Labute approximate surface area is 162 Å². The molecule has 64 valence electrons. The molecule has 14 heteroatoms. The molecule has 0 radical (unpaired) electrons. The summed E-state index contributed by atoms with van der Waals surface area (Å²) in [5.41, 5.74) is 0. The molecule has 0 saturated heterocycles. The van der Waals surface area contributed by atoms with E-state index < -0.39 is 0 Å². The number of rotatable bonds is 0. The van der Waals surface area contributed by atoms with Crippen molar-refractivity contribution in [3.63, 3.8) is 0 Å². The number of hydrogen-bond donors (Lipinski definition) is 0. The van der Waals surface area contributed by atoms with Gasteiger partial charge in [0.1, 0.15) is 0 Å². The van der Waals surface area contributed by atoms with Crippen molar-refractivity contribution in [3.8, 4) is 0 Å². The third kappa shape index (κ3) is 283. The first-order chi connectivity index (χ1) is 0. The molecule has 0 N–H and O–H groups in total. The maximum absolute atomic E-state index is 0. The smallest absolute Gasteiger partial charge is 3.00 e. The summed E-state index contributed by atoms with van der Waals surface area (Å²) in [7, 11) is 0. The minimum absolute atomic E-state index is 0. The summed E-state index contributed by atoms with van der Waals surface area (Å²) in [6, 6.07) is 0. The molecule has 0 bridgehead atoms. The molecule has 0 saturated carbocycles. The molecule has 0 aromatic rings. The second kappa shape index (κ2) is 344. The molecule has 14 heavy (non-hydrogen) atoms. The van der Waals surface area contributed by atoms with Crippen LogP contribution in [-0.2, 0) is 55.7 Å². The van der Waals surface area contributed by atoms with Gasteiger partial charge in [0, 0.05) is 0 Å². The van der Waals surface area contributed by atoms with Crippen molar-refractivity contribution in [2.75, 3.05) is 0 Å². The third-order valence-electron chi connectivity index (χ3n) is 0. The van der Waals surface area contributed by atoms with E-state index in [0.29, 0.717) is 0 Å². The first-order valence-corrected chi connectivity index (χ1v) is 0. The van der Waals surface area contributed by atoms with Crippen molar-refractivity contribution in [1.82, 2.24) is 0 Å². The normalized spacial score (nSPS) is 0. The van der Waals surface area contributed by atoms with Crippen molar-refractivity contribution in [2.45, 2.75) is 0 Å². The Hall–Kier alpha value is 3.34. The minimum atomic E-state index is 0. The van der Waals surface area contributed by atoms with Gasteiger partial charge in [-0.1, -0.05) is 0 Å². The van der Waals surface area contributed by atoms with E-state index in [4.69, 9.17) is 0 Å². The Morgan fingerprint density at radius 3 is 0.214 bits per heavy atom. The first kappa shape index (κ1) is 415. The standard InChI is InChI=1S/3Ga.8N.3V/q3*+3;8*-3;3*+5. The fraction of sp³-hybridized carbons (Fsp3) is 0. The van der Waals surface area contributed by atoms with E-state index in [0.717, 1.165) is 0 Å². The second-order valence-electron chi connectivity index (χ2n) is 0. The van der Waals surface area contributed by atoms with Crippen LogP contribution in [0.15, 0.2) is 0 Å². The molecule has 0 spiro atoms. The molecular weight excluding hydrogens is 474 g/mol. The predicted molar refractivity (Wildman–Crippen MR) is 44.1 cm³/mol. The molecule has 0 aliphatic carbocycles. The Balaban J connectivity index is 0. The van der Waals surface area contributed by atoms with E-state index in [1.54, 1.807) is 0 Å². The molecule has 0 atom stereocenters. The van der Waals surface area contributed by atoms with Crippen LogP contribution in [0, 0.1) is 0 Å². The minimum Gasteiger partial charge on any atom is -3.00 e. The van der Waals surface area contributed by atoms with Crippen LogP contribution in [0.3, 0.4) is 0 Å². The van der Waals surface area contributed by atoms with Crippen LogP contribution >= 0.6 is 0 Å². The van der Waals surface area contributed by atoms with Crippen molar-refractivity contribution >= 4 is 59.4 Å². The summed E-state index contributed by atoms with van der Waals surface area (Å²) in [6.45, 7) is 0. The van der Waals surface area contributed by atoms with Gasteiger partial charge in [-0.3, -0.25) is 0 Å². The van der Waals surface area contributed by atoms with Crippen LogP contribution < -0.4 is 0 Å². The molecule has 0 heterocycles. The molecule has 0 unspecified atom stereocenters. The van der Waals surface area contributed by atoms with E-state index in [1.807, 2.05) is 0 Å². The van der Waals surface area contributed by atoms with E-state index in [2.05, 4.69) is 0 Å². The Morgan fingerprint density at radius 2 is 0.214 bits per heavy atom. The Morgan fingerprint density at radius 1 is 0.214 bits per heavy atom.